The quantitative estimate of drug-likeness (QED) is 0.230. The molecule has 7 nitrogen and oxygen atoms in total. The summed E-state index contributed by atoms with van der Waals surface area (Å²) in [5.41, 5.74) is 0. The fourth-order valence-electron chi connectivity index (χ4n) is 1.99. The van der Waals surface area contributed by atoms with Gasteiger partial charge in [0.15, 0.2) is 0 Å². The number of rotatable bonds is 11. The highest BCUT2D eigenvalue weighted by molar-refractivity contribution is 7.86. The van der Waals surface area contributed by atoms with Gasteiger partial charge in [-0.3, -0.25) is 4.55 Å². The minimum atomic E-state index is -4.38. The van der Waals surface area contributed by atoms with E-state index in [1.807, 2.05) is 0 Å². The minimum absolute atomic E-state index is 0.137. The van der Waals surface area contributed by atoms with Crippen molar-refractivity contribution in [2.24, 2.45) is 0 Å². The monoisotopic (exact) mass is 312 g/mol. The average molecular weight is 312 g/mol. The van der Waals surface area contributed by atoms with Crippen molar-refractivity contribution >= 4 is 16.1 Å². The first kappa shape index (κ1) is 19.3. The van der Waals surface area contributed by atoms with Crippen molar-refractivity contribution in [3.8, 4) is 0 Å². The SMILES string of the molecule is CCCCCCCC(C(O)CCC(=O)OO)S(=O)(=O)O. The molecule has 0 spiro atoms. The molecule has 0 radical (unpaired) electrons. The molecule has 0 fully saturated rings. The van der Waals surface area contributed by atoms with Crippen LogP contribution in [-0.4, -0.2) is 40.7 Å². The van der Waals surface area contributed by atoms with E-state index in [0.717, 1.165) is 25.7 Å². The fraction of sp³-hybridized carbons (Fsp3) is 0.917. The number of aliphatic hydroxyl groups excluding tert-OH is 1. The van der Waals surface area contributed by atoms with Crippen LogP contribution in [0.3, 0.4) is 0 Å². The maximum Gasteiger partial charge on any atom is 0.342 e. The molecule has 0 aliphatic heterocycles. The van der Waals surface area contributed by atoms with E-state index in [2.05, 4.69) is 11.8 Å². The molecule has 0 saturated carbocycles. The lowest BCUT2D eigenvalue weighted by Gasteiger charge is -2.19. The summed E-state index contributed by atoms with van der Waals surface area (Å²) in [7, 11) is -4.38. The van der Waals surface area contributed by atoms with Crippen LogP contribution in [0.25, 0.3) is 0 Å². The van der Waals surface area contributed by atoms with Crippen LogP contribution in [-0.2, 0) is 19.8 Å². The van der Waals surface area contributed by atoms with E-state index in [4.69, 9.17) is 9.81 Å². The Balaban J connectivity index is 4.31. The van der Waals surface area contributed by atoms with Crippen molar-refractivity contribution < 1.29 is 33.0 Å². The third-order valence-corrected chi connectivity index (χ3v) is 4.47. The van der Waals surface area contributed by atoms with Gasteiger partial charge < -0.3 is 9.99 Å². The molecule has 0 aliphatic rings. The molecule has 20 heavy (non-hydrogen) atoms. The van der Waals surface area contributed by atoms with Gasteiger partial charge in [0.05, 0.1) is 12.5 Å². The standard InChI is InChI=1S/C12H24O7S/c1-2-3-4-5-6-7-11(20(16,17)18)10(13)8-9-12(14)19-15/h10-11,13,15H,2-9H2,1H3,(H,16,17,18). The van der Waals surface area contributed by atoms with Crippen molar-refractivity contribution in [2.75, 3.05) is 0 Å². The predicted octanol–water partition coefficient (Wildman–Crippen LogP) is 1.76. The molecular formula is C12H24O7S. The maximum atomic E-state index is 11.2. The summed E-state index contributed by atoms with van der Waals surface area (Å²) < 4.78 is 31.6. The Morgan fingerprint density at radius 2 is 1.75 bits per heavy atom. The zero-order valence-corrected chi connectivity index (χ0v) is 12.5. The second-order valence-corrected chi connectivity index (χ2v) is 6.46. The van der Waals surface area contributed by atoms with Crippen molar-refractivity contribution in [3.63, 3.8) is 0 Å². The van der Waals surface area contributed by atoms with Gasteiger partial charge in [-0.2, -0.15) is 13.7 Å². The van der Waals surface area contributed by atoms with Crippen molar-refractivity contribution in [2.45, 2.75) is 69.6 Å². The molecule has 120 valence electrons. The van der Waals surface area contributed by atoms with Crippen molar-refractivity contribution in [1.82, 2.24) is 0 Å². The third-order valence-electron chi connectivity index (χ3n) is 3.15. The third kappa shape index (κ3) is 8.47. The molecule has 0 aromatic carbocycles. The Kier molecular flexibility index (Phi) is 9.74. The first-order valence-corrected chi connectivity index (χ1v) is 8.31. The van der Waals surface area contributed by atoms with Crippen LogP contribution < -0.4 is 0 Å². The number of unbranched alkanes of at least 4 members (excludes halogenated alkanes) is 4. The van der Waals surface area contributed by atoms with Gasteiger partial charge >= 0.3 is 5.97 Å². The molecule has 0 amide bonds. The lowest BCUT2D eigenvalue weighted by molar-refractivity contribution is -0.234. The molecule has 0 heterocycles. The molecule has 8 heteroatoms. The average Bonchev–Trinajstić information content (AvgIpc) is 2.38. The summed E-state index contributed by atoms with van der Waals surface area (Å²) in [6.07, 6.45) is 2.75. The van der Waals surface area contributed by atoms with E-state index in [9.17, 15) is 18.3 Å². The second kappa shape index (κ2) is 10.1. The molecule has 0 saturated heterocycles. The van der Waals surface area contributed by atoms with E-state index in [0.29, 0.717) is 6.42 Å². The molecule has 0 aromatic rings. The van der Waals surface area contributed by atoms with Crippen molar-refractivity contribution in [1.29, 1.82) is 0 Å². The summed E-state index contributed by atoms with van der Waals surface area (Å²) in [5, 5.41) is 16.5. The van der Waals surface area contributed by atoms with E-state index in [1.54, 1.807) is 0 Å². The van der Waals surface area contributed by atoms with Crippen LogP contribution in [0.5, 0.6) is 0 Å². The zero-order valence-electron chi connectivity index (χ0n) is 11.7. The number of hydrogen-bond acceptors (Lipinski definition) is 6. The molecule has 0 aliphatic carbocycles. The predicted molar refractivity (Wildman–Crippen MR) is 72.7 cm³/mol. The van der Waals surface area contributed by atoms with E-state index in [-0.39, 0.29) is 19.3 Å². The largest absolute Gasteiger partial charge is 0.392 e. The molecule has 2 atom stereocenters. The van der Waals surface area contributed by atoms with Crippen molar-refractivity contribution in [3.05, 3.63) is 0 Å². The second-order valence-electron chi connectivity index (χ2n) is 4.83. The summed E-state index contributed by atoms with van der Waals surface area (Å²) in [6.45, 7) is 2.06. The lowest BCUT2D eigenvalue weighted by atomic mass is 10.0. The summed E-state index contributed by atoms with van der Waals surface area (Å²) >= 11 is 0. The Morgan fingerprint density at radius 3 is 2.25 bits per heavy atom. The first-order chi connectivity index (χ1) is 9.32. The van der Waals surface area contributed by atoms with E-state index >= 15 is 0 Å². The van der Waals surface area contributed by atoms with Gasteiger partial charge in [-0.1, -0.05) is 39.0 Å². The highest BCUT2D eigenvalue weighted by Gasteiger charge is 2.30. The number of hydrogen-bond donors (Lipinski definition) is 3. The van der Waals surface area contributed by atoms with Crippen LogP contribution in [0.4, 0.5) is 0 Å². The molecule has 3 N–H and O–H groups in total. The molecule has 0 rings (SSSR count). The highest BCUT2D eigenvalue weighted by Crippen LogP contribution is 2.18. The summed E-state index contributed by atoms with van der Waals surface area (Å²) in [5.74, 6) is -0.957. The number of aliphatic hydroxyl groups is 1. The number of carbonyl (C=O) groups excluding carboxylic acids is 1. The lowest BCUT2D eigenvalue weighted by Crippen LogP contribution is -2.34. The highest BCUT2D eigenvalue weighted by atomic mass is 32.2. The smallest absolute Gasteiger partial charge is 0.342 e. The molecule has 0 bridgehead atoms. The van der Waals surface area contributed by atoms with Gasteiger partial charge in [-0.05, 0) is 12.8 Å². The molecule has 0 aromatic heterocycles. The van der Waals surface area contributed by atoms with E-state index in [1.165, 1.54) is 0 Å². The Bertz CT molecular complexity index is 366. The zero-order chi connectivity index (χ0) is 15.6. The van der Waals surface area contributed by atoms with Crippen LogP contribution in [0.2, 0.25) is 0 Å². The Labute approximate surface area is 119 Å². The topological polar surface area (TPSA) is 121 Å². The minimum Gasteiger partial charge on any atom is -0.392 e. The van der Waals surface area contributed by atoms with Gasteiger partial charge in [0.25, 0.3) is 10.1 Å². The van der Waals surface area contributed by atoms with Crippen LogP contribution in [0.1, 0.15) is 58.3 Å². The Hall–Kier alpha value is -0.700. The maximum absolute atomic E-state index is 11.2. The van der Waals surface area contributed by atoms with Gasteiger partial charge in [-0.15, -0.1) is 0 Å². The van der Waals surface area contributed by atoms with Gasteiger partial charge in [0.2, 0.25) is 0 Å². The van der Waals surface area contributed by atoms with Gasteiger partial charge in [-0.25, -0.2) is 4.79 Å². The number of carbonyl (C=O) groups is 1. The van der Waals surface area contributed by atoms with Crippen LogP contribution in [0.15, 0.2) is 0 Å². The van der Waals surface area contributed by atoms with Gasteiger partial charge in [0, 0.05) is 0 Å². The summed E-state index contributed by atoms with van der Waals surface area (Å²) in [4.78, 5) is 14.2. The fourth-order valence-corrected chi connectivity index (χ4v) is 2.98. The normalized spacial score (nSPS) is 14.8. The molecular weight excluding hydrogens is 288 g/mol. The Morgan fingerprint density at radius 1 is 1.15 bits per heavy atom. The first-order valence-electron chi connectivity index (χ1n) is 6.81. The van der Waals surface area contributed by atoms with Gasteiger partial charge in [0.1, 0.15) is 5.25 Å². The summed E-state index contributed by atoms with van der Waals surface area (Å²) in [6, 6.07) is 0. The van der Waals surface area contributed by atoms with Crippen LogP contribution in [0, 0.1) is 0 Å². The van der Waals surface area contributed by atoms with Crippen LogP contribution >= 0.6 is 0 Å². The molecule has 2 unspecified atom stereocenters. The van der Waals surface area contributed by atoms with E-state index < -0.39 is 27.4 Å².